The fourth-order valence-corrected chi connectivity index (χ4v) is 4.47. The van der Waals surface area contributed by atoms with Crippen LogP contribution in [0.25, 0.3) is 0 Å². The molecule has 0 heterocycles. The van der Waals surface area contributed by atoms with E-state index in [2.05, 4.69) is 43.5 Å². The molecule has 16 nitrogen and oxygen atoms in total. The first kappa shape index (κ1) is 46.7. The van der Waals surface area contributed by atoms with Crippen LogP contribution in [-0.4, -0.2) is 87.3 Å². The lowest BCUT2D eigenvalue weighted by Gasteiger charge is -2.32. The highest BCUT2D eigenvalue weighted by Crippen LogP contribution is 2.29. The highest BCUT2D eigenvalue weighted by molar-refractivity contribution is 5.90. The Kier molecular flexibility index (Phi) is 20.4. The molecule has 0 aliphatic rings. The van der Waals surface area contributed by atoms with Crippen molar-refractivity contribution >= 4 is 59.0 Å². The van der Waals surface area contributed by atoms with E-state index >= 15 is 0 Å². The van der Waals surface area contributed by atoms with Crippen LogP contribution in [-0.2, 0) is 57.2 Å². The molecular formula is C39H48N2O14. The van der Waals surface area contributed by atoms with E-state index in [-0.39, 0.29) is 68.3 Å². The van der Waals surface area contributed by atoms with Crippen molar-refractivity contribution in [1.82, 2.24) is 0 Å². The van der Waals surface area contributed by atoms with Gasteiger partial charge in [-0.25, -0.2) is 24.0 Å². The number of aryl methyl sites for hydroxylation is 1. The summed E-state index contributed by atoms with van der Waals surface area (Å²) in [6.45, 7) is 17.8. The van der Waals surface area contributed by atoms with E-state index in [1.54, 1.807) is 13.8 Å². The molecule has 1 aromatic rings. The fraction of sp³-hybridized carbons (Fsp3) is 0.385. The number of nitrogens with one attached hydrogen (secondary N) is 2. The highest BCUT2D eigenvalue weighted by Gasteiger charge is 2.37. The zero-order chi connectivity index (χ0) is 41.4. The van der Waals surface area contributed by atoms with Crippen LogP contribution in [0.2, 0.25) is 0 Å². The average Bonchev–Trinajstić information content (AvgIpc) is 3.19. The molecule has 0 bridgehead atoms. The van der Waals surface area contributed by atoms with Crippen LogP contribution >= 0.6 is 0 Å². The summed E-state index contributed by atoms with van der Waals surface area (Å²) in [7, 11) is 0. The molecule has 1 unspecified atom stereocenters. The van der Waals surface area contributed by atoms with Crippen molar-refractivity contribution < 1.29 is 66.8 Å². The average molecular weight is 769 g/mol. The van der Waals surface area contributed by atoms with Gasteiger partial charge in [0.15, 0.2) is 11.6 Å². The number of ether oxygens (including phenoxy) is 6. The molecule has 298 valence electrons. The fourth-order valence-electron chi connectivity index (χ4n) is 4.47. The molecule has 0 aliphatic heterocycles. The highest BCUT2D eigenvalue weighted by atomic mass is 16.6. The van der Waals surface area contributed by atoms with Gasteiger partial charge < -0.3 is 28.4 Å². The summed E-state index contributed by atoms with van der Waals surface area (Å²) in [5, 5.41) is 5.10. The Balaban J connectivity index is 3.11. The largest absolute Gasteiger partial charge is 0.465 e. The zero-order valence-electron chi connectivity index (χ0n) is 31.1. The number of allylic oxidation sites excluding steroid dienone is 2. The van der Waals surface area contributed by atoms with E-state index < -0.39 is 73.3 Å². The van der Waals surface area contributed by atoms with Gasteiger partial charge in [-0.3, -0.25) is 25.0 Å². The summed E-state index contributed by atoms with van der Waals surface area (Å²) < 4.78 is 31.8. The Hall–Kier alpha value is -6.32. The van der Waals surface area contributed by atoms with Gasteiger partial charge in [0.05, 0.1) is 10.8 Å². The van der Waals surface area contributed by atoms with E-state index in [4.69, 9.17) is 28.4 Å². The summed E-state index contributed by atoms with van der Waals surface area (Å²) in [5.41, 5.74) is -1.62. The Bertz CT molecular complexity index is 1550. The molecule has 55 heavy (non-hydrogen) atoms. The first-order valence-electron chi connectivity index (χ1n) is 16.9. The molecule has 0 aromatic heterocycles. The Morgan fingerprint density at radius 2 is 0.982 bits per heavy atom. The minimum absolute atomic E-state index is 0.00998. The minimum atomic E-state index is -1.33. The number of esters is 4. The van der Waals surface area contributed by atoms with Crippen LogP contribution in [0.1, 0.15) is 44.6 Å². The normalized spacial score (nSPS) is 11.5. The standard InChI is InChI=1S/C39H48N2O14/c1-8-29(42)16-18-38(21-50-32(44)10-3,22-51-33(45)11-4)25-54-36(48)40-28-14-15-31(27(7)20-28)41-37(49)55-26-39(19-17-30(43)9-2,23-52-34(46)12-5)24-53-35(47)13-6/h8-12,14-15,20H,1-5,13,16-19,21-26H2,6-7H3,(H,40,48)(H,41,49). The van der Waals surface area contributed by atoms with Gasteiger partial charge in [-0.2, -0.15) is 0 Å². The first-order valence-corrected chi connectivity index (χ1v) is 16.9. The quantitative estimate of drug-likeness (QED) is 0.0697. The van der Waals surface area contributed by atoms with E-state index in [1.165, 1.54) is 18.2 Å². The number of carbonyl (C=O) groups is 8. The van der Waals surface area contributed by atoms with Crippen molar-refractivity contribution in [2.75, 3.05) is 50.3 Å². The third-order valence-corrected chi connectivity index (χ3v) is 7.88. The molecule has 0 saturated heterocycles. The number of hydrogen-bond acceptors (Lipinski definition) is 14. The second-order valence-electron chi connectivity index (χ2n) is 12.2. The van der Waals surface area contributed by atoms with Crippen molar-refractivity contribution in [3.63, 3.8) is 0 Å². The number of anilines is 2. The van der Waals surface area contributed by atoms with Gasteiger partial charge in [0.2, 0.25) is 0 Å². The van der Waals surface area contributed by atoms with Crippen LogP contribution in [0.4, 0.5) is 21.0 Å². The third-order valence-electron chi connectivity index (χ3n) is 7.88. The van der Waals surface area contributed by atoms with Crippen LogP contribution in [0.15, 0.2) is 81.5 Å². The lowest BCUT2D eigenvalue weighted by molar-refractivity contribution is -0.155. The van der Waals surface area contributed by atoms with Gasteiger partial charge >= 0.3 is 36.1 Å². The van der Waals surface area contributed by atoms with Crippen molar-refractivity contribution in [1.29, 1.82) is 0 Å². The van der Waals surface area contributed by atoms with Crippen LogP contribution in [0.3, 0.4) is 0 Å². The van der Waals surface area contributed by atoms with Crippen LogP contribution < -0.4 is 10.6 Å². The third kappa shape index (κ3) is 17.8. The van der Waals surface area contributed by atoms with Gasteiger partial charge in [0.1, 0.15) is 39.6 Å². The summed E-state index contributed by atoms with van der Waals surface area (Å²) in [4.78, 5) is 97.5. The first-order chi connectivity index (χ1) is 26.1. The smallest absolute Gasteiger partial charge is 0.411 e. The van der Waals surface area contributed by atoms with Crippen LogP contribution in [0.5, 0.6) is 0 Å². The number of rotatable bonds is 26. The molecule has 0 fully saturated rings. The number of hydrogen-bond donors (Lipinski definition) is 2. The second-order valence-corrected chi connectivity index (χ2v) is 12.2. The Labute approximate surface area is 319 Å². The van der Waals surface area contributed by atoms with Crippen molar-refractivity contribution in [2.24, 2.45) is 10.8 Å². The van der Waals surface area contributed by atoms with E-state index in [9.17, 15) is 38.4 Å². The Morgan fingerprint density at radius 1 is 0.582 bits per heavy atom. The summed E-state index contributed by atoms with van der Waals surface area (Å²) in [5.74, 6) is -3.61. The van der Waals surface area contributed by atoms with Gasteiger partial charge in [-0.1, -0.05) is 39.8 Å². The molecule has 0 radical (unpaired) electrons. The van der Waals surface area contributed by atoms with Crippen molar-refractivity contribution in [2.45, 2.75) is 46.0 Å². The topological polar surface area (TPSA) is 216 Å². The molecule has 2 amide bonds. The zero-order valence-corrected chi connectivity index (χ0v) is 31.1. The lowest BCUT2D eigenvalue weighted by Crippen LogP contribution is -2.40. The van der Waals surface area contributed by atoms with E-state index in [0.29, 0.717) is 5.56 Å². The molecule has 0 saturated carbocycles. The lowest BCUT2D eigenvalue weighted by atomic mass is 9.84. The monoisotopic (exact) mass is 768 g/mol. The molecule has 1 atom stereocenters. The maximum absolute atomic E-state index is 12.9. The van der Waals surface area contributed by atoms with Gasteiger partial charge in [0.25, 0.3) is 0 Å². The summed E-state index contributed by atoms with van der Waals surface area (Å²) in [6.07, 6.45) is 2.99. The predicted molar refractivity (Wildman–Crippen MR) is 200 cm³/mol. The van der Waals surface area contributed by atoms with Gasteiger partial charge in [-0.15, -0.1) is 0 Å². The Morgan fingerprint density at radius 3 is 1.36 bits per heavy atom. The molecule has 16 heteroatoms. The molecule has 1 aromatic carbocycles. The summed E-state index contributed by atoms with van der Waals surface area (Å²) in [6, 6.07) is 4.42. The molecule has 1 rings (SSSR count). The van der Waals surface area contributed by atoms with E-state index in [0.717, 1.165) is 30.4 Å². The molecule has 2 N–H and O–H groups in total. The van der Waals surface area contributed by atoms with Crippen LogP contribution in [0, 0.1) is 17.8 Å². The second kappa shape index (κ2) is 24.1. The van der Waals surface area contributed by atoms with Gasteiger partial charge in [0, 0.05) is 48.9 Å². The predicted octanol–water partition coefficient (Wildman–Crippen LogP) is 5.28. The molecular weight excluding hydrogens is 720 g/mol. The summed E-state index contributed by atoms with van der Waals surface area (Å²) >= 11 is 0. The maximum atomic E-state index is 12.9. The molecule has 0 spiro atoms. The minimum Gasteiger partial charge on any atom is -0.465 e. The van der Waals surface area contributed by atoms with Crippen molar-refractivity contribution in [3.05, 3.63) is 87.0 Å². The molecule has 0 aliphatic carbocycles. The van der Waals surface area contributed by atoms with Gasteiger partial charge in [-0.05, 0) is 55.7 Å². The number of ketones is 2. The maximum Gasteiger partial charge on any atom is 0.411 e. The SMILES string of the molecule is C=CC(=O)CCC(COC(=O)C=C)(COC(=O)C=C)COC(=O)Nc1ccc(NC(=O)OCC(CCC(=O)C=C)(COC(=O)C=C)COC(=O)CC)c(C)c1. The number of carbonyl (C=O) groups excluding carboxylic acids is 8. The van der Waals surface area contributed by atoms with Crippen molar-refractivity contribution in [3.8, 4) is 0 Å². The van der Waals surface area contributed by atoms with E-state index in [1.807, 2.05) is 0 Å². The number of benzene rings is 1. The number of amides is 2.